The van der Waals surface area contributed by atoms with Crippen LogP contribution in [0.15, 0.2) is 65.5 Å². The van der Waals surface area contributed by atoms with Crippen LogP contribution in [0.2, 0.25) is 0 Å². The molecule has 142 valence electrons. The van der Waals surface area contributed by atoms with Crippen LogP contribution >= 0.6 is 0 Å². The number of phenols is 1. The average molecular weight is 384 g/mol. The van der Waals surface area contributed by atoms with E-state index in [9.17, 15) is 23.1 Å². The van der Waals surface area contributed by atoms with Crippen molar-refractivity contribution in [2.45, 2.75) is 12.6 Å². The third-order valence-corrected chi connectivity index (χ3v) is 4.75. The fourth-order valence-electron chi connectivity index (χ4n) is 3.31. The Kier molecular flexibility index (Phi) is 4.22. The Morgan fingerprint density at radius 2 is 1.57 bits per heavy atom. The van der Waals surface area contributed by atoms with Crippen LogP contribution in [0.3, 0.4) is 0 Å². The van der Waals surface area contributed by atoms with E-state index in [2.05, 4.69) is 10.2 Å². The van der Waals surface area contributed by atoms with Crippen LogP contribution < -0.4 is 5.56 Å². The number of rotatable bonds is 3. The summed E-state index contributed by atoms with van der Waals surface area (Å²) in [5.74, 6) is 0.0534. The van der Waals surface area contributed by atoms with E-state index in [4.69, 9.17) is 0 Å². The smallest absolute Gasteiger partial charge is 0.416 e. The summed E-state index contributed by atoms with van der Waals surface area (Å²) in [4.78, 5) is 12.3. The summed E-state index contributed by atoms with van der Waals surface area (Å²) in [6, 6.07) is 15.4. The van der Waals surface area contributed by atoms with Crippen LogP contribution in [0.25, 0.3) is 22.0 Å². The fourth-order valence-corrected chi connectivity index (χ4v) is 3.31. The van der Waals surface area contributed by atoms with Crippen molar-refractivity contribution >= 4 is 10.8 Å². The van der Waals surface area contributed by atoms with Crippen LogP contribution in [-0.4, -0.2) is 15.3 Å². The molecule has 0 bridgehead atoms. The zero-order valence-electron chi connectivity index (χ0n) is 14.5. The number of halogens is 3. The van der Waals surface area contributed by atoms with Gasteiger partial charge in [0, 0.05) is 17.5 Å². The quantitative estimate of drug-likeness (QED) is 0.473. The Balaban J connectivity index is 1.79. The highest BCUT2D eigenvalue weighted by Gasteiger charge is 2.30. The molecule has 1 heterocycles. The molecule has 0 aliphatic heterocycles. The molecule has 0 aliphatic carbocycles. The Hall–Kier alpha value is -3.48. The van der Waals surface area contributed by atoms with Crippen molar-refractivity contribution in [1.29, 1.82) is 0 Å². The minimum absolute atomic E-state index is 0.0534. The van der Waals surface area contributed by atoms with Crippen molar-refractivity contribution in [3.05, 3.63) is 87.7 Å². The lowest BCUT2D eigenvalue weighted by Crippen LogP contribution is -2.07. The second-order valence-electron chi connectivity index (χ2n) is 6.47. The van der Waals surface area contributed by atoms with Crippen molar-refractivity contribution < 1.29 is 18.3 Å². The van der Waals surface area contributed by atoms with Crippen LogP contribution in [-0.2, 0) is 12.6 Å². The van der Waals surface area contributed by atoms with Gasteiger partial charge in [-0.3, -0.25) is 15.0 Å². The number of hydrogen-bond donors (Lipinski definition) is 3. The number of benzene rings is 3. The highest BCUT2D eigenvalue weighted by atomic mass is 19.4. The summed E-state index contributed by atoms with van der Waals surface area (Å²) in [6.07, 6.45) is -4.30. The zero-order valence-corrected chi connectivity index (χ0v) is 14.5. The highest BCUT2D eigenvalue weighted by molar-refractivity contribution is 5.88. The summed E-state index contributed by atoms with van der Waals surface area (Å²) in [7, 11) is 0. The fraction of sp³-hybridized carbons (Fsp3) is 0.0952. The number of alkyl halides is 3. The highest BCUT2D eigenvalue weighted by Crippen LogP contribution is 2.33. The van der Waals surface area contributed by atoms with Crippen LogP contribution in [0.4, 0.5) is 13.2 Å². The standard InChI is InChI=1S/C21H15F3N2O2/c22-21(23,24)14-8-5-13(6-9-14)19-17(20(28)26-25-19)11-16-15-4-2-1-3-12(15)7-10-18(16)27/h1-10,27H,11H2,(H2,25,26,28). The van der Waals surface area contributed by atoms with Crippen molar-refractivity contribution in [1.82, 2.24) is 10.2 Å². The first kappa shape index (κ1) is 17.9. The molecule has 0 radical (unpaired) electrons. The maximum absolute atomic E-state index is 12.8. The summed E-state index contributed by atoms with van der Waals surface area (Å²) in [6.45, 7) is 0. The van der Waals surface area contributed by atoms with Crippen LogP contribution in [0.5, 0.6) is 5.75 Å². The SMILES string of the molecule is O=c1[nH][nH]c(-c2ccc(C(F)(F)F)cc2)c1Cc1c(O)ccc2ccccc12. The molecular formula is C21H15F3N2O2. The van der Waals surface area contributed by atoms with Gasteiger partial charge in [-0.05, 0) is 34.5 Å². The molecular weight excluding hydrogens is 369 g/mol. The lowest BCUT2D eigenvalue weighted by atomic mass is 9.96. The van der Waals surface area contributed by atoms with E-state index in [1.54, 1.807) is 12.1 Å². The normalized spacial score (nSPS) is 11.8. The average Bonchev–Trinajstić information content (AvgIpc) is 3.04. The third kappa shape index (κ3) is 3.15. The van der Waals surface area contributed by atoms with Gasteiger partial charge in [0.1, 0.15) is 5.75 Å². The molecule has 0 saturated heterocycles. The first-order chi connectivity index (χ1) is 13.3. The van der Waals surface area contributed by atoms with Gasteiger partial charge in [-0.1, -0.05) is 42.5 Å². The van der Waals surface area contributed by atoms with Gasteiger partial charge in [-0.25, -0.2) is 0 Å². The van der Waals surface area contributed by atoms with Gasteiger partial charge < -0.3 is 5.11 Å². The molecule has 0 fully saturated rings. The second-order valence-corrected chi connectivity index (χ2v) is 6.47. The first-order valence-corrected chi connectivity index (χ1v) is 8.51. The van der Waals surface area contributed by atoms with E-state index in [0.29, 0.717) is 22.4 Å². The molecule has 0 amide bonds. The molecule has 3 N–H and O–H groups in total. The molecule has 7 heteroatoms. The zero-order chi connectivity index (χ0) is 19.9. The van der Waals surface area contributed by atoms with Gasteiger partial charge >= 0.3 is 6.18 Å². The van der Waals surface area contributed by atoms with Crippen molar-refractivity contribution in [3.63, 3.8) is 0 Å². The second kappa shape index (κ2) is 6.60. The lowest BCUT2D eigenvalue weighted by Gasteiger charge is -2.10. The molecule has 0 spiro atoms. The Labute approximate surface area is 157 Å². The number of aromatic nitrogens is 2. The lowest BCUT2D eigenvalue weighted by molar-refractivity contribution is -0.137. The molecule has 0 unspecified atom stereocenters. The van der Waals surface area contributed by atoms with E-state index in [-0.39, 0.29) is 17.7 Å². The van der Waals surface area contributed by atoms with E-state index >= 15 is 0 Å². The largest absolute Gasteiger partial charge is 0.508 e. The van der Waals surface area contributed by atoms with Gasteiger partial charge in [0.15, 0.2) is 0 Å². The van der Waals surface area contributed by atoms with Gasteiger partial charge in [0.25, 0.3) is 5.56 Å². The molecule has 0 saturated carbocycles. The van der Waals surface area contributed by atoms with E-state index < -0.39 is 11.7 Å². The third-order valence-electron chi connectivity index (χ3n) is 4.75. The molecule has 4 nitrogen and oxygen atoms in total. The Morgan fingerprint density at radius 1 is 0.857 bits per heavy atom. The topological polar surface area (TPSA) is 68.9 Å². The minimum atomic E-state index is -4.43. The Morgan fingerprint density at radius 3 is 2.29 bits per heavy atom. The number of phenolic OH excluding ortho intramolecular Hbond substituents is 1. The molecule has 4 aromatic rings. The van der Waals surface area contributed by atoms with Gasteiger partial charge in [-0.2, -0.15) is 13.2 Å². The molecule has 4 rings (SSSR count). The Bertz CT molecular complexity index is 1210. The summed E-state index contributed by atoms with van der Waals surface area (Å²) < 4.78 is 38.4. The van der Waals surface area contributed by atoms with Gasteiger partial charge in [0.2, 0.25) is 0 Å². The van der Waals surface area contributed by atoms with E-state index in [1.165, 1.54) is 12.1 Å². The number of H-pyrrole nitrogens is 2. The molecule has 1 aromatic heterocycles. The minimum Gasteiger partial charge on any atom is -0.508 e. The summed E-state index contributed by atoms with van der Waals surface area (Å²) in [5.41, 5.74) is 0.611. The van der Waals surface area contributed by atoms with Crippen LogP contribution in [0, 0.1) is 0 Å². The molecule has 0 atom stereocenters. The molecule has 3 aromatic carbocycles. The number of aromatic hydroxyl groups is 1. The molecule has 0 aliphatic rings. The summed E-state index contributed by atoms with van der Waals surface area (Å²) >= 11 is 0. The predicted molar refractivity (Wildman–Crippen MR) is 100 cm³/mol. The van der Waals surface area contributed by atoms with Gasteiger partial charge in [0.05, 0.1) is 11.3 Å². The number of nitrogens with one attached hydrogen (secondary N) is 2. The van der Waals surface area contributed by atoms with Crippen molar-refractivity contribution in [3.8, 4) is 17.0 Å². The number of hydrogen-bond acceptors (Lipinski definition) is 2. The maximum atomic E-state index is 12.8. The van der Waals surface area contributed by atoms with E-state index in [0.717, 1.165) is 22.9 Å². The maximum Gasteiger partial charge on any atom is 0.416 e. The van der Waals surface area contributed by atoms with E-state index in [1.807, 2.05) is 24.3 Å². The monoisotopic (exact) mass is 384 g/mol. The van der Waals surface area contributed by atoms with Crippen molar-refractivity contribution in [2.24, 2.45) is 0 Å². The summed E-state index contributed by atoms with van der Waals surface area (Å²) in [5, 5.41) is 17.3. The predicted octanol–water partition coefficient (Wildman–Crippen LogP) is 4.84. The van der Waals surface area contributed by atoms with Crippen LogP contribution in [0.1, 0.15) is 16.7 Å². The van der Waals surface area contributed by atoms with Gasteiger partial charge in [-0.15, -0.1) is 0 Å². The molecule has 28 heavy (non-hydrogen) atoms. The first-order valence-electron chi connectivity index (χ1n) is 8.51. The number of aromatic amines is 2. The number of fused-ring (bicyclic) bond motifs is 1. The van der Waals surface area contributed by atoms with Crippen molar-refractivity contribution in [2.75, 3.05) is 0 Å².